The summed E-state index contributed by atoms with van der Waals surface area (Å²) in [7, 11) is 1.21. The van der Waals surface area contributed by atoms with Gasteiger partial charge in [-0.3, -0.25) is 4.79 Å². The van der Waals surface area contributed by atoms with Gasteiger partial charge in [0.15, 0.2) is 0 Å². The van der Waals surface area contributed by atoms with Gasteiger partial charge >= 0.3 is 12.1 Å². The van der Waals surface area contributed by atoms with Crippen molar-refractivity contribution in [3.8, 4) is 5.75 Å². The topological polar surface area (TPSA) is 35.5 Å². The zero-order chi connectivity index (χ0) is 13.8. The number of benzene rings is 1. The van der Waals surface area contributed by atoms with Crippen molar-refractivity contribution >= 4 is 5.97 Å². The Bertz CT molecular complexity index is 415. The molecule has 0 heterocycles. The standard InChI is InChI=1S/C12H13F3O3/c1-8(11(16)17-2)7-18-10-6-4-3-5-9(10)12(13,14)15/h3-6,8H,7H2,1-2H3. The van der Waals surface area contributed by atoms with Crippen LogP contribution < -0.4 is 4.74 Å². The number of hydrogen-bond acceptors (Lipinski definition) is 3. The molecule has 1 aromatic carbocycles. The van der Waals surface area contributed by atoms with Gasteiger partial charge in [-0.15, -0.1) is 0 Å². The third-order valence-corrected chi connectivity index (χ3v) is 2.28. The van der Waals surface area contributed by atoms with E-state index in [9.17, 15) is 18.0 Å². The lowest BCUT2D eigenvalue weighted by atomic mass is 10.2. The van der Waals surface area contributed by atoms with Crippen molar-refractivity contribution in [3.63, 3.8) is 0 Å². The average molecular weight is 262 g/mol. The van der Waals surface area contributed by atoms with Crippen molar-refractivity contribution in [2.45, 2.75) is 13.1 Å². The fourth-order valence-corrected chi connectivity index (χ4v) is 1.31. The monoisotopic (exact) mass is 262 g/mol. The Hall–Kier alpha value is -1.72. The molecule has 100 valence electrons. The molecule has 0 saturated heterocycles. The van der Waals surface area contributed by atoms with Crippen LogP contribution in [0.15, 0.2) is 24.3 Å². The van der Waals surface area contributed by atoms with Gasteiger partial charge in [-0.25, -0.2) is 0 Å². The lowest BCUT2D eigenvalue weighted by molar-refractivity contribution is -0.145. The van der Waals surface area contributed by atoms with Crippen LogP contribution in [0.1, 0.15) is 12.5 Å². The van der Waals surface area contributed by atoms with Crippen LogP contribution in [0.25, 0.3) is 0 Å². The van der Waals surface area contributed by atoms with E-state index in [0.717, 1.165) is 6.07 Å². The maximum atomic E-state index is 12.6. The molecule has 6 heteroatoms. The van der Waals surface area contributed by atoms with Gasteiger partial charge in [0.25, 0.3) is 0 Å². The van der Waals surface area contributed by atoms with Crippen LogP contribution in [0.3, 0.4) is 0 Å². The molecule has 0 N–H and O–H groups in total. The highest BCUT2D eigenvalue weighted by molar-refractivity contribution is 5.71. The van der Waals surface area contributed by atoms with Crippen molar-refractivity contribution in [1.29, 1.82) is 0 Å². The van der Waals surface area contributed by atoms with E-state index in [4.69, 9.17) is 4.74 Å². The lowest BCUT2D eigenvalue weighted by Crippen LogP contribution is -2.21. The summed E-state index contributed by atoms with van der Waals surface area (Å²) in [5, 5.41) is 0. The molecule has 0 aliphatic carbocycles. The average Bonchev–Trinajstić information content (AvgIpc) is 2.34. The zero-order valence-electron chi connectivity index (χ0n) is 9.95. The van der Waals surface area contributed by atoms with Gasteiger partial charge in [-0.1, -0.05) is 12.1 Å². The minimum absolute atomic E-state index is 0.167. The first kappa shape index (κ1) is 14.3. The van der Waals surface area contributed by atoms with Crippen molar-refractivity contribution in [1.82, 2.24) is 0 Å². The van der Waals surface area contributed by atoms with Crippen molar-refractivity contribution in [2.75, 3.05) is 13.7 Å². The highest BCUT2D eigenvalue weighted by Crippen LogP contribution is 2.35. The minimum Gasteiger partial charge on any atom is -0.492 e. The van der Waals surface area contributed by atoms with E-state index in [1.807, 2.05) is 0 Å². The van der Waals surface area contributed by atoms with Gasteiger partial charge in [0, 0.05) is 0 Å². The highest BCUT2D eigenvalue weighted by atomic mass is 19.4. The van der Waals surface area contributed by atoms with E-state index in [1.54, 1.807) is 0 Å². The van der Waals surface area contributed by atoms with Gasteiger partial charge in [0.05, 0.1) is 18.6 Å². The normalized spacial score (nSPS) is 12.9. The molecule has 18 heavy (non-hydrogen) atoms. The molecule has 1 aromatic rings. The molecule has 1 unspecified atom stereocenters. The van der Waals surface area contributed by atoms with Crippen LogP contribution in [0.2, 0.25) is 0 Å². The number of alkyl halides is 3. The van der Waals surface area contributed by atoms with E-state index >= 15 is 0 Å². The van der Waals surface area contributed by atoms with E-state index in [-0.39, 0.29) is 12.4 Å². The van der Waals surface area contributed by atoms with Crippen molar-refractivity contribution in [2.24, 2.45) is 5.92 Å². The molecule has 0 bridgehead atoms. The molecule has 1 atom stereocenters. The van der Waals surface area contributed by atoms with E-state index in [0.29, 0.717) is 0 Å². The molecule has 0 radical (unpaired) electrons. The minimum atomic E-state index is -4.48. The Morgan fingerprint density at radius 3 is 2.50 bits per heavy atom. The second-order valence-electron chi connectivity index (χ2n) is 3.73. The van der Waals surface area contributed by atoms with Crippen LogP contribution in [0.5, 0.6) is 5.75 Å². The Kier molecular flexibility index (Phi) is 4.58. The SMILES string of the molecule is COC(=O)C(C)COc1ccccc1C(F)(F)F. The van der Waals surface area contributed by atoms with Crippen molar-refractivity contribution in [3.05, 3.63) is 29.8 Å². The summed E-state index contributed by atoms with van der Waals surface area (Å²) in [5.41, 5.74) is -0.859. The van der Waals surface area contributed by atoms with Crippen LogP contribution >= 0.6 is 0 Å². The maximum absolute atomic E-state index is 12.6. The molecular formula is C12H13F3O3. The summed E-state index contributed by atoms with van der Waals surface area (Å²) < 4.78 is 47.4. The Morgan fingerprint density at radius 2 is 1.94 bits per heavy atom. The molecule has 1 rings (SSSR count). The summed E-state index contributed by atoms with van der Waals surface area (Å²) in [6, 6.07) is 4.86. The number of rotatable bonds is 4. The number of carbonyl (C=O) groups excluding carboxylic acids is 1. The van der Waals surface area contributed by atoms with Crippen LogP contribution in [0, 0.1) is 5.92 Å². The molecule has 0 fully saturated rings. The number of methoxy groups -OCH3 is 1. The fourth-order valence-electron chi connectivity index (χ4n) is 1.31. The van der Waals surface area contributed by atoms with Crippen molar-refractivity contribution < 1.29 is 27.4 Å². The summed E-state index contributed by atoms with van der Waals surface area (Å²) in [6.07, 6.45) is -4.48. The Balaban J connectivity index is 2.77. The number of halogens is 3. The molecule has 3 nitrogen and oxygen atoms in total. The number of ether oxygens (including phenoxy) is 2. The van der Waals surface area contributed by atoms with Crippen LogP contribution in [-0.4, -0.2) is 19.7 Å². The lowest BCUT2D eigenvalue weighted by Gasteiger charge is -2.15. The molecule has 0 aromatic heterocycles. The largest absolute Gasteiger partial charge is 0.492 e. The maximum Gasteiger partial charge on any atom is 0.419 e. The first-order valence-electron chi connectivity index (χ1n) is 5.23. The van der Waals surface area contributed by atoms with Gasteiger partial charge in [0.2, 0.25) is 0 Å². The summed E-state index contributed by atoms with van der Waals surface area (Å²) in [4.78, 5) is 11.1. The van der Waals surface area contributed by atoms with Gasteiger partial charge in [-0.05, 0) is 19.1 Å². The second-order valence-corrected chi connectivity index (χ2v) is 3.73. The molecular weight excluding hydrogens is 249 g/mol. The number of esters is 1. The van der Waals surface area contributed by atoms with Crippen LogP contribution in [-0.2, 0) is 15.7 Å². The Morgan fingerprint density at radius 1 is 1.33 bits per heavy atom. The number of carbonyl (C=O) groups is 1. The van der Waals surface area contributed by atoms with E-state index < -0.39 is 23.6 Å². The predicted molar refractivity (Wildman–Crippen MR) is 58.1 cm³/mol. The highest BCUT2D eigenvalue weighted by Gasteiger charge is 2.34. The summed E-state index contributed by atoms with van der Waals surface area (Å²) in [6.45, 7) is 1.35. The first-order chi connectivity index (χ1) is 8.36. The van der Waals surface area contributed by atoms with Gasteiger partial charge in [0.1, 0.15) is 12.4 Å². The van der Waals surface area contributed by atoms with E-state index in [1.165, 1.54) is 32.2 Å². The quantitative estimate of drug-likeness (QED) is 0.783. The Labute approximate surface area is 103 Å². The third kappa shape index (κ3) is 3.65. The van der Waals surface area contributed by atoms with E-state index in [2.05, 4.69) is 4.74 Å². The molecule has 0 aliphatic rings. The third-order valence-electron chi connectivity index (χ3n) is 2.28. The second kappa shape index (κ2) is 5.75. The zero-order valence-corrected chi connectivity index (χ0v) is 9.95. The predicted octanol–water partition coefficient (Wildman–Crippen LogP) is 2.89. The molecule has 0 aliphatic heterocycles. The molecule has 0 amide bonds. The molecule has 0 saturated carbocycles. The van der Waals surface area contributed by atoms with Crippen LogP contribution in [0.4, 0.5) is 13.2 Å². The summed E-state index contributed by atoms with van der Waals surface area (Å²) >= 11 is 0. The number of hydrogen-bond donors (Lipinski definition) is 0. The smallest absolute Gasteiger partial charge is 0.419 e. The number of para-hydroxylation sites is 1. The first-order valence-corrected chi connectivity index (χ1v) is 5.23. The van der Waals surface area contributed by atoms with Gasteiger partial charge < -0.3 is 9.47 Å². The summed E-state index contributed by atoms with van der Waals surface area (Å²) in [5.74, 6) is -1.45. The van der Waals surface area contributed by atoms with Gasteiger partial charge in [-0.2, -0.15) is 13.2 Å². The fraction of sp³-hybridized carbons (Fsp3) is 0.417. The molecule has 0 spiro atoms.